The molecule has 15 heavy (non-hydrogen) atoms. The van der Waals surface area contributed by atoms with Gasteiger partial charge in [-0.25, -0.2) is 0 Å². The van der Waals surface area contributed by atoms with Crippen molar-refractivity contribution in [2.75, 3.05) is 7.05 Å². The highest BCUT2D eigenvalue weighted by molar-refractivity contribution is 6.31. The van der Waals surface area contributed by atoms with Crippen LogP contribution in [-0.2, 0) is 11.2 Å². The zero-order valence-electron chi connectivity index (χ0n) is 8.75. The summed E-state index contributed by atoms with van der Waals surface area (Å²) in [5.74, 6) is -0.842. The van der Waals surface area contributed by atoms with Crippen molar-refractivity contribution in [2.45, 2.75) is 19.4 Å². The van der Waals surface area contributed by atoms with E-state index in [0.717, 1.165) is 11.1 Å². The van der Waals surface area contributed by atoms with E-state index in [9.17, 15) is 4.79 Å². The van der Waals surface area contributed by atoms with E-state index in [1.54, 1.807) is 13.1 Å². The van der Waals surface area contributed by atoms with Crippen molar-refractivity contribution in [3.63, 3.8) is 0 Å². The maximum Gasteiger partial charge on any atom is 0.321 e. The molecule has 0 aliphatic heterocycles. The molecule has 3 nitrogen and oxygen atoms in total. The summed E-state index contributed by atoms with van der Waals surface area (Å²) in [7, 11) is 1.64. The smallest absolute Gasteiger partial charge is 0.321 e. The number of aliphatic carboxylic acids is 1. The lowest BCUT2D eigenvalue weighted by atomic mass is 10.0. The number of likely N-dealkylation sites (N-methyl/N-ethyl adjacent to an activating group) is 1. The van der Waals surface area contributed by atoms with E-state index >= 15 is 0 Å². The van der Waals surface area contributed by atoms with Gasteiger partial charge >= 0.3 is 5.97 Å². The molecule has 0 amide bonds. The number of aryl methyl sites for hydroxylation is 1. The predicted octanol–water partition coefficient (Wildman–Crippen LogP) is 1.86. The first-order valence-electron chi connectivity index (χ1n) is 4.69. The third-order valence-electron chi connectivity index (χ3n) is 2.31. The number of carboxylic acid groups (broad SMARTS) is 1. The van der Waals surface area contributed by atoms with E-state index in [1.165, 1.54) is 0 Å². The Morgan fingerprint density at radius 3 is 2.73 bits per heavy atom. The topological polar surface area (TPSA) is 49.3 Å². The molecular weight excluding hydrogens is 214 g/mol. The summed E-state index contributed by atoms with van der Waals surface area (Å²) in [4.78, 5) is 10.8. The third-order valence-corrected chi connectivity index (χ3v) is 2.73. The lowest BCUT2D eigenvalue weighted by molar-refractivity contribution is -0.139. The van der Waals surface area contributed by atoms with Crippen LogP contribution in [-0.4, -0.2) is 24.2 Å². The van der Waals surface area contributed by atoms with Crippen LogP contribution in [0.25, 0.3) is 0 Å². The molecule has 1 rings (SSSR count). The standard InChI is InChI=1S/C11H14ClNO2/c1-7-5-8(3-4-9(7)12)6-10(13-2)11(14)15/h3-5,10,13H,6H2,1-2H3,(H,14,15). The molecule has 1 aromatic rings. The first kappa shape index (κ1) is 12.0. The van der Waals surface area contributed by atoms with Crippen LogP contribution >= 0.6 is 11.6 Å². The molecule has 1 atom stereocenters. The molecule has 0 aliphatic rings. The first-order chi connectivity index (χ1) is 7.04. The van der Waals surface area contributed by atoms with Crippen LogP contribution in [0, 0.1) is 6.92 Å². The maximum atomic E-state index is 10.8. The number of carboxylic acids is 1. The minimum atomic E-state index is -0.842. The minimum absolute atomic E-state index is 0.462. The molecule has 4 heteroatoms. The van der Waals surface area contributed by atoms with E-state index in [0.29, 0.717) is 11.4 Å². The van der Waals surface area contributed by atoms with Crippen molar-refractivity contribution in [3.05, 3.63) is 34.3 Å². The Morgan fingerprint density at radius 2 is 2.27 bits per heavy atom. The van der Waals surface area contributed by atoms with Crippen LogP contribution in [0.2, 0.25) is 5.02 Å². The number of rotatable bonds is 4. The average molecular weight is 228 g/mol. The predicted molar refractivity (Wildman–Crippen MR) is 60.4 cm³/mol. The molecule has 0 radical (unpaired) electrons. The molecule has 0 fully saturated rings. The van der Waals surface area contributed by atoms with Crippen molar-refractivity contribution < 1.29 is 9.90 Å². The van der Waals surface area contributed by atoms with Crippen LogP contribution < -0.4 is 5.32 Å². The summed E-state index contributed by atoms with van der Waals surface area (Å²) in [5, 5.41) is 12.3. The second kappa shape index (κ2) is 5.14. The van der Waals surface area contributed by atoms with Crippen molar-refractivity contribution in [2.24, 2.45) is 0 Å². The van der Waals surface area contributed by atoms with Crippen LogP contribution in [0.15, 0.2) is 18.2 Å². The van der Waals surface area contributed by atoms with Crippen molar-refractivity contribution in [3.8, 4) is 0 Å². The Balaban J connectivity index is 2.80. The SMILES string of the molecule is CNC(Cc1ccc(Cl)c(C)c1)C(=O)O. The van der Waals surface area contributed by atoms with Gasteiger partial charge in [0.25, 0.3) is 0 Å². The quantitative estimate of drug-likeness (QED) is 0.826. The zero-order chi connectivity index (χ0) is 11.4. The maximum absolute atomic E-state index is 10.8. The zero-order valence-corrected chi connectivity index (χ0v) is 9.51. The summed E-state index contributed by atoms with van der Waals surface area (Å²) < 4.78 is 0. The van der Waals surface area contributed by atoms with Gasteiger partial charge in [-0.3, -0.25) is 4.79 Å². The van der Waals surface area contributed by atoms with Crippen LogP contribution in [0.5, 0.6) is 0 Å². The van der Waals surface area contributed by atoms with E-state index in [2.05, 4.69) is 5.32 Å². The Kier molecular flexibility index (Phi) is 4.12. The number of hydrogen-bond acceptors (Lipinski definition) is 2. The largest absolute Gasteiger partial charge is 0.480 e. The highest BCUT2D eigenvalue weighted by atomic mass is 35.5. The van der Waals surface area contributed by atoms with Gasteiger partial charge in [-0.1, -0.05) is 23.7 Å². The van der Waals surface area contributed by atoms with Crippen LogP contribution in [0.4, 0.5) is 0 Å². The highest BCUT2D eigenvalue weighted by Crippen LogP contribution is 2.17. The van der Waals surface area contributed by atoms with Gasteiger partial charge in [-0.2, -0.15) is 0 Å². The Labute approximate surface area is 94.1 Å². The second-order valence-electron chi connectivity index (χ2n) is 3.47. The molecule has 0 spiro atoms. The molecular formula is C11H14ClNO2. The van der Waals surface area contributed by atoms with Gasteiger partial charge in [0, 0.05) is 5.02 Å². The molecule has 2 N–H and O–H groups in total. The molecule has 1 unspecified atom stereocenters. The fourth-order valence-electron chi connectivity index (χ4n) is 1.38. The van der Waals surface area contributed by atoms with Gasteiger partial charge in [0.2, 0.25) is 0 Å². The summed E-state index contributed by atoms with van der Waals surface area (Å²) in [6, 6.07) is 5.00. The highest BCUT2D eigenvalue weighted by Gasteiger charge is 2.15. The van der Waals surface area contributed by atoms with E-state index in [-0.39, 0.29) is 0 Å². The second-order valence-corrected chi connectivity index (χ2v) is 3.87. The van der Waals surface area contributed by atoms with Gasteiger partial charge in [0.1, 0.15) is 6.04 Å². The number of halogens is 1. The van der Waals surface area contributed by atoms with E-state index < -0.39 is 12.0 Å². The van der Waals surface area contributed by atoms with Gasteiger partial charge in [-0.05, 0) is 37.6 Å². The van der Waals surface area contributed by atoms with Crippen molar-refractivity contribution in [1.29, 1.82) is 0 Å². The third kappa shape index (κ3) is 3.22. The van der Waals surface area contributed by atoms with Crippen LogP contribution in [0.1, 0.15) is 11.1 Å². The van der Waals surface area contributed by atoms with Crippen molar-refractivity contribution in [1.82, 2.24) is 5.32 Å². The summed E-state index contributed by atoms with van der Waals surface area (Å²) >= 11 is 5.88. The number of benzene rings is 1. The average Bonchev–Trinajstić information content (AvgIpc) is 2.19. The van der Waals surface area contributed by atoms with Crippen LogP contribution in [0.3, 0.4) is 0 Å². The minimum Gasteiger partial charge on any atom is -0.480 e. The molecule has 0 aromatic heterocycles. The summed E-state index contributed by atoms with van der Waals surface area (Å²) in [6.45, 7) is 1.90. The first-order valence-corrected chi connectivity index (χ1v) is 5.07. The van der Waals surface area contributed by atoms with Crippen molar-refractivity contribution >= 4 is 17.6 Å². The van der Waals surface area contributed by atoms with Gasteiger partial charge in [0.05, 0.1) is 0 Å². The molecule has 0 bridgehead atoms. The number of nitrogens with one attached hydrogen (secondary N) is 1. The Hall–Kier alpha value is -1.06. The summed E-state index contributed by atoms with van der Waals surface area (Å²) in [5.41, 5.74) is 1.94. The Morgan fingerprint density at radius 1 is 1.60 bits per heavy atom. The molecule has 1 aromatic carbocycles. The fourth-order valence-corrected chi connectivity index (χ4v) is 1.50. The number of hydrogen-bond donors (Lipinski definition) is 2. The molecule has 0 heterocycles. The normalized spacial score (nSPS) is 12.5. The lowest BCUT2D eigenvalue weighted by Crippen LogP contribution is -2.35. The fraction of sp³-hybridized carbons (Fsp3) is 0.364. The Bertz CT molecular complexity index is 366. The molecule has 0 aliphatic carbocycles. The molecule has 0 saturated heterocycles. The lowest BCUT2D eigenvalue weighted by Gasteiger charge is -2.11. The van der Waals surface area contributed by atoms with E-state index in [4.69, 9.17) is 16.7 Å². The van der Waals surface area contributed by atoms with Gasteiger partial charge in [-0.15, -0.1) is 0 Å². The van der Waals surface area contributed by atoms with Gasteiger partial charge in [0.15, 0.2) is 0 Å². The van der Waals surface area contributed by atoms with E-state index in [1.807, 2.05) is 19.1 Å². The van der Waals surface area contributed by atoms with Gasteiger partial charge < -0.3 is 10.4 Å². The number of carbonyl (C=O) groups is 1. The summed E-state index contributed by atoms with van der Waals surface area (Å²) in [6.07, 6.45) is 0.462. The molecule has 82 valence electrons. The monoisotopic (exact) mass is 227 g/mol. The molecule has 0 saturated carbocycles.